The van der Waals surface area contributed by atoms with Gasteiger partial charge in [-0.1, -0.05) is 18.2 Å². The molecule has 1 fully saturated rings. The number of nitrogens with zero attached hydrogens (tertiary/aromatic N) is 2. The average molecular weight is 405 g/mol. The number of anilines is 1. The molecule has 2 aromatic rings. The molecule has 0 aromatic heterocycles. The molecule has 0 aliphatic carbocycles. The highest BCUT2D eigenvalue weighted by molar-refractivity contribution is 5.95. The maximum Gasteiger partial charge on any atom is 0.251 e. The van der Waals surface area contributed by atoms with Gasteiger partial charge in [0.25, 0.3) is 5.91 Å². The molecule has 30 heavy (non-hydrogen) atoms. The fraction of sp³-hybridized carbons (Fsp3) is 0.375. The third-order valence-electron chi connectivity index (χ3n) is 5.90. The Bertz CT molecular complexity index is 968. The highest BCUT2D eigenvalue weighted by atomic mass is 16.2. The first-order valence-electron chi connectivity index (χ1n) is 10.6. The van der Waals surface area contributed by atoms with Gasteiger partial charge in [0.05, 0.1) is 0 Å². The average Bonchev–Trinajstić information content (AvgIpc) is 3.36. The zero-order valence-electron chi connectivity index (χ0n) is 17.3. The second kappa shape index (κ2) is 8.69. The fourth-order valence-corrected chi connectivity index (χ4v) is 4.24. The van der Waals surface area contributed by atoms with Crippen LogP contribution in [0.5, 0.6) is 0 Å². The number of nitrogens with one attached hydrogen (secondary N) is 1. The Hall–Kier alpha value is -3.15. The molecule has 0 radical (unpaired) electrons. The van der Waals surface area contributed by atoms with E-state index in [4.69, 9.17) is 0 Å². The van der Waals surface area contributed by atoms with E-state index in [1.165, 1.54) is 5.56 Å². The number of hydrogen-bond donors (Lipinski definition) is 1. The van der Waals surface area contributed by atoms with Gasteiger partial charge >= 0.3 is 0 Å². The van der Waals surface area contributed by atoms with E-state index < -0.39 is 0 Å². The Morgan fingerprint density at radius 1 is 1.00 bits per heavy atom. The molecule has 4 rings (SSSR count). The predicted octanol–water partition coefficient (Wildman–Crippen LogP) is 3.00. The number of benzene rings is 2. The molecule has 1 N–H and O–H groups in total. The van der Waals surface area contributed by atoms with E-state index >= 15 is 0 Å². The van der Waals surface area contributed by atoms with Gasteiger partial charge in [0.15, 0.2) is 0 Å². The van der Waals surface area contributed by atoms with Crippen molar-refractivity contribution in [3.63, 3.8) is 0 Å². The Balaban J connectivity index is 1.33. The molecule has 2 heterocycles. The van der Waals surface area contributed by atoms with Crippen molar-refractivity contribution in [3.05, 3.63) is 53.6 Å². The van der Waals surface area contributed by atoms with Crippen LogP contribution in [-0.4, -0.2) is 48.8 Å². The van der Waals surface area contributed by atoms with Gasteiger partial charge in [-0.05, 0) is 60.2 Å². The lowest BCUT2D eigenvalue weighted by molar-refractivity contribution is -0.127. The van der Waals surface area contributed by atoms with Crippen LogP contribution in [0.4, 0.5) is 5.69 Å². The zero-order valence-corrected chi connectivity index (χ0v) is 17.3. The van der Waals surface area contributed by atoms with Crippen molar-refractivity contribution < 1.29 is 14.4 Å². The van der Waals surface area contributed by atoms with Crippen LogP contribution in [0.15, 0.2) is 42.5 Å². The molecule has 3 amide bonds. The maximum atomic E-state index is 12.4. The van der Waals surface area contributed by atoms with Crippen LogP contribution < -0.4 is 10.2 Å². The molecule has 0 atom stereocenters. The van der Waals surface area contributed by atoms with Crippen LogP contribution >= 0.6 is 0 Å². The molecule has 2 aliphatic rings. The van der Waals surface area contributed by atoms with Crippen molar-refractivity contribution >= 4 is 23.4 Å². The Morgan fingerprint density at radius 2 is 1.77 bits per heavy atom. The number of fused-ring (bicyclic) bond motifs is 1. The van der Waals surface area contributed by atoms with Gasteiger partial charge in [-0.15, -0.1) is 0 Å². The van der Waals surface area contributed by atoms with Crippen LogP contribution in [-0.2, 0) is 16.0 Å². The minimum atomic E-state index is -0.0969. The monoisotopic (exact) mass is 405 g/mol. The molecule has 156 valence electrons. The van der Waals surface area contributed by atoms with Crippen LogP contribution in [0.3, 0.4) is 0 Å². The minimum absolute atomic E-state index is 0.0731. The zero-order chi connectivity index (χ0) is 21.1. The first kappa shape index (κ1) is 20.1. The molecule has 2 aliphatic heterocycles. The highest BCUT2D eigenvalue weighted by Crippen LogP contribution is 2.32. The number of hydrogen-bond acceptors (Lipinski definition) is 3. The van der Waals surface area contributed by atoms with Gasteiger partial charge in [-0.25, -0.2) is 0 Å². The molecule has 1 saturated heterocycles. The lowest BCUT2D eigenvalue weighted by Gasteiger charge is -2.15. The lowest BCUT2D eigenvalue weighted by Crippen LogP contribution is -2.30. The fourth-order valence-electron chi connectivity index (χ4n) is 4.24. The first-order chi connectivity index (χ1) is 14.5. The van der Waals surface area contributed by atoms with Gasteiger partial charge < -0.3 is 15.1 Å². The summed E-state index contributed by atoms with van der Waals surface area (Å²) < 4.78 is 0. The number of amides is 3. The summed E-state index contributed by atoms with van der Waals surface area (Å²) in [5.41, 5.74) is 4.93. The normalized spacial score (nSPS) is 15.4. The van der Waals surface area contributed by atoms with Gasteiger partial charge in [-0.3, -0.25) is 14.4 Å². The molecular weight excluding hydrogens is 378 g/mol. The Kier molecular flexibility index (Phi) is 5.84. The summed E-state index contributed by atoms with van der Waals surface area (Å²) in [5, 5.41) is 2.93. The van der Waals surface area contributed by atoms with E-state index in [9.17, 15) is 14.4 Å². The van der Waals surface area contributed by atoms with Crippen molar-refractivity contribution in [2.45, 2.75) is 32.6 Å². The number of rotatable bonds is 6. The van der Waals surface area contributed by atoms with Gasteiger partial charge in [0.1, 0.15) is 0 Å². The maximum absolute atomic E-state index is 12.4. The molecule has 0 bridgehead atoms. The standard InChI is InChI=1S/C24H27N3O3/c1-17(28)27-15-11-21-16-20(9-10-22(21)27)18-5-7-19(8-6-18)24(30)25-12-3-14-26-13-2-4-23(26)29/h5-10,16H,2-4,11-15H2,1H3,(H,25,30). The molecule has 6 heteroatoms. The predicted molar refractivity (Wildman–Crippen MR) is 116 cm³/mol. The minimum Gasteiger partial charge on any atom is -0.352 e. The summed E-state index contributed by atoms with van der Waals surface area (Å²) >= 11 is 0. The molecule has 6 nitrogen and oxygen atoms in total. The second-order valence-electron chi connectivity index (χ2n) is 7.94. The van der Waals surface area contributed by atoms with Crippen LogP contribution in [0, 0.1) is 0 Å². The number of carbonyl (C=O) groups excluding carboxylic acids is 3. The van der Waals surface area contributed by atoms with Crippen molar-refractivity contribution in [1.82, 2.24) is 10.2 Å². The van der Waals surface area contributed by atoms with Gasteiger partial charge in [0, 0.05) is 50.8 Å². The third kappa shape index (κ3) is 4.22. The summed E-state index contributed by atoms with van der Waals surface area (Å²) in [5.74, 6) is 0.196. The van der Waals surface area contributed by atoms with Gasteiger partial charge in [-0.2, -0.15) is 0 Å². The molecule has 0 saturated carbocycles. The summed E-state index contributed by atoms with van der Waals surface area (Å²) in [6, 6.07) is 13.7. The Labute approximate surface area is 176 Å². The van der Waals surface area contributed by atoms with Crippen molar-refractivity contribution in [2.24, 2.45) is 0 Å². The van der Waals surface area contributed by atoms with Crippen LogP contribution in [0.1, 0.15) is 42.1 Å². The first-order valence-corrected chi connectivity index (χ1v) is 10.6. The van der Waals surface area contributed by atoms with E-state index in [1.807, 2.05) is 46.2 Å². The van der Waals surface area contributed by atoms with E-state index in [0.717, 1.165) is 49.2 Å². The summed E-state index contributed by atoms with van der Waals surface area (Å²) in [7, 11) is 0. The van der Waals surface area contributed by atoms with Crippen molar-refractivity contribution in [3.8, 4) is 11.1 Å². The molecule has 0 unspecified atom stereocenters. The van der Waals surface area contributed by atoms with Crippen molar-refractivity contribution in [2.75, 3.05) is 31.1 Å². The van der Waals surface area contributed by atoms with E-state index in [-0.39, 0.29) is 17.7 Å². The van der Waals surface area contributed by atoms with E-state index in [0.29, 0.717) is 25.1 Å². The molecule has 0 spiro atoms. The smallest absolute Gasteiger partial charge is 0.251 e. The molecular formula is C24H27N3O3. The number of likely N-dealkylation sites (tertiary alicyclic amines) is 1. The summed E-state index contributed by atoms with van der Waals surface area (Å²) in [6.45, 7) is 4.43. The lowest BCUT2D eigenvalue weighted by atomic mass is 10.0. The third-order valence-corrected chi connectivity index (χ3v) is 5.90. The molecule has 2 aromatic carbocycles. The largest absolute Gasteiger partial charge is 0.352 e. The number of carbonyl (C=O) groups is 3. The Morgan fingerprint density at radius 3 is 2.47 bits per heavy atom. The SMILES string of the molecule is CC(=O)N1CCc2cc(-c3ccc(C(=O)NCCCN4CCCC4=O)cc3)ccc21. The topological polar surface area (TPSA) is 69.7 Å². The van der Waals surface area contributed by atoms with Gasteiger partial charge in [0.2, 0.25) is 11.8 Å². The highest BCUT2D eigenvalue weighted by Gasteiger charge is 2.22. The van der Waals surface area contributed by atoms with Crippen LogP contribution in [0.2, 0.25) is 0 Å². The second-order valence-corrected chi connectivity index (χ2v) is 7.94. The van der Waals surface area contributed by atoms with E-state index in [1.54, 1.807) is 6.92 Å². The van der Waals surface area contributed by atoms with Crippen molar-refractivity contribution in [1.29, 1.82) is 0 Å². The summed E-state index contributed by atoms with van der Waals surface area (Å²) in [6.07, 6.45) is 3.23. The van der Waals surface area contributed by atoms with Crippen LogP contribution in [0.25, 0.3) is 11.1 Å². The quantitative estimate of drug-likeness (QED) is 0.751. The van der Waals surface area contributed by atoms with E-state index in [2.05, 4.69) is 11.4 Å². The summed E-state index contributed by atoms with van der Waals surface area (Å²) in [4.78, 5) is 39.4.